The Morgan fingerprint density at radius 3 is 2.21 bits per heavy atom. The minimum atomic E-state index is 0.185. The molecule has 2 aromatic rings. The largest absolute Gasteiger partial charge is 0.372 e. The van der Waals surface area contributed by atoms with Crippen molar-refractivity contribution in [2.75, 3.05) is 18.0 Å². The van der Waals surface area contributed by atoms with Crippen LogP contribution in [0.2, 0.25) is 0 Å². The van der Waals surface area contributed by atoms with Gasteiger partial charge in [0.25, 0.3) is 0 Å². The zero-order chi connectivity index (χ0) is 17.2. The van der Waals surface area contributed by atoms with E-state index < -0.39 is 0 Å². The molecule has 126 valence electrons. The van der Waals surface area contributed by atoms with Crippen LogP contribution in [0.5, 0.6) is 0 Å². The summed E-state index contributed by atoms with van der Waals surface area (Å²) in [5, 5.41) is 0. The van der Waals surface area contributed by atoms with Crippen molar-refractivity contribution in [2.45, 2.75) is 46.0 Å². The Balaban J connectivity index is 1.74. The van der Waals surface area contributed by atoms with E-state index in [9.17, 15) is 0 Å². The van der Waals surface area contributed by atoms with Crippen LogP contribution in [0.15, 0.2) is 47.5 Å². The van der Waals surface area contributed by atoms with E-state index in [0.717, 1.165) is 5.69 Å². The monoisotopic (exact) mass is 320 g/mol. The highest BCUT2D eigenvalue weighted by Crippen LogP contribution is 2.25. The molecule has 0 bridgehead atoms. The molecule has 0 atom stereocenters. The maximum Gasteiger partial charge on any atom is 0.0630 e. The van der Waals surface area contributed by atoms with E-state index in [1.165, 1.54) is 48.3 Å². The summed E-state index contributed by atoms with van der Waals surface area (Å²) < 4.78 is 0. The van der Waals surface area contributed by atoms with Crippen LogP contribution in [-0.4, -0.2) is 19.3 Å². The van der Waals surface area contributed by atoms with Crippen molar-refractivity contribution in [3.8, 4) is 0 Å². The number of aliphatic imine (C=N–C) groups is 1. The Bertz CT molecular complexity index is 715. The quantitative estimate of drug-likeness (QED) is 0.668. The summed E-state index contributed by atoms with van der Waals surface area (Å²) in [5.41, 5.74) is 6.35. The Labute approximate surface area is 146 Å². The van der Waals surface area contributed by atoms with E-state index in [-0.39, 0.29) is 5.41 Å². The first-order valence-corrected chi connectivity index (χ1v) is 8.94. The van der Waals surface area contributed by atoms with Crippen LogP contribution in [0.3, 0.4) is 0 Å². The molecule has 1 aliphatic rings. The van der Waals surface area contributed by atoms with Gasteiger partial charge in [-0.05, 0) is 66.1 Å². The fourth-order valence-electron chi connectivity index (χ4n) is 3.17. The van der Waals surface area contributed by atoms with Crippen LogP contribution in [0, 0.1) is 6.92 Å². The summed E-state index contributed by atoms with van der Waals surface area (Å²) in [4.78, 5) is 7.12. The number of nitrogens with zero attached hydrogens (tertiary/aromatic N) is 2. The minimum Gasteiger partial charge on any atom is -0.372 e. The molecule has 1 heterocycles. The fraction of sp³-hybridized carbons (Fsp3) is 0.409. The lowest BCUT2D eigenvalue weighted by molar-refractivity contribution is 0.590. The second kappa shape index (κ2) is 6.80. The average Bonchev–Trinajstić information content (AvgIpc) is 3.08. The smallest absolute Gasteiger partial charge is 0.0630 e. The molecule has 2 aromatic carbocycles. The summed E-state index contributed by atoms with van der Waals surface area (Å²) in [6, 6.07) is 15.3. The molecule has 1 saturated heterocycles. The standard InChI is InChI=1S/C22H28N2/c1-17-15-21(24-13-5-6-14-24)12-7-18(17)16-23-20-10-8-19(9-11-20)22(2,3)4/h7-12,15-16H,5-6,13-14H2,1-4H3. The lowest BCUT2D eigenvalue weighted by Gasteiger charge is -2.19. The number of rotatable bonds is 3. The third kappa shape index (κ3) is 3.87. The van der Waals surface area contributed by atoms with Gasteiger partial charge in [0.05, 0.1) is 5.69 Å². The molecule has 2 heteroatoms. The molecule has 1 fully saturated rings. The van der Waals surface area contributed by atoms with Crippen molar-refractivity contribution in [3.63, 3.8) is 0 Å². The lowest BCUT2D eigenvalue weighted by Crippen LogP contribution is -2.17. The van der Waals surface area contributed by atoms with E-state index in [1.54, 1.807) is 0 Å². The molecule has 0 unspecified atom stereocenters. The molecule has 0 spiro atoms. The van der Waals surface area contributed by atoms with Gasteiger partial charge < -0.3 is 4.90 Å². The molecule has 0 aromatic heterocycles. The molecule has 0 aliphatic carbocycles. The van der Waals surface area contributed by atoms with Crippen LogP contribution >= 0.6 is 0 Å². The van der Waals surface area contributed by atoms with Crippen LogP contribution < -0.4 is 4.90 Å². The minimum absolute atomic E-state index is 0.185. The molecule has 1 aliphatic heterocycles. The summed E-state index contributed by atoms with van der Waals surface area (Å²) in [6.07, 6.45) is 4.61. The molecule has 2 nitrogen and oxygen atoms in total. The van der Waals surface area contributed by atoms with Gasteiger partial charge in [-0.1, -0.05) is 39.0 Å². The van der Waals surface area contributed by atoms with Crippen molar-refractivity contribution >= 4 is 17.6 Å². The number of benzene rings is 2. The molecular formula is C22H28N2. The number of anilines is 1. The second-order valence-corrected chi connectivity index (χ2v) is 7.79. The highest BCUT2D eigenvalue weighted by Gasteiger charge is 2.13. The van der Waals surface area contributed by atoms with Crippen molar-refractivity contribution in [1.82, 2.24) is 0 Å². The summed E-state index contributed by atoms with van der Waals surface area (Å²) in [5.74, 6) is 0. The summed E-state index contributed by atoms with van der Waals surface area (Å²) >= 11 is 0. The molecule has 0 amide bonds. The number of hydrogen-bond donors (Lipinski definition) is 0. The van der Waals surface area contributed by atoms with Gasteiger partial charge in [0.2, 0.25) is 0 Å². The highest BCUT2D eigenvalue weighted by molar-refractivity contribution is 5.84. The summed E-state index contributed by atoms with van der Waals surface area (Å²) in [6.45, 7) is 11.2. The predicted molar refractivity (Wildman–Crippen MR) is 105 cm³/mol. The van der Waals surface area contributed by atoms with E-state index in [4.69, 9.17) is 0 Å². The number of aryl methyl sites for hydroxylation is 1. The van der Waals surface area contributed by atoms with E-state index in [2.05, 4.69) is 80.1 Å². The zero-order valence-electron chi connectivity index (χ0n) is 15.3. The predicted octanol–water partition coefficient (Wildman–Crippen LogP) is 5.64. The van der Waals surface area contributed by atoms with Crippen molar-refractivity contribution in [3.05, 3.63) is 59.2 Å². The molecule has 0 saturated carbocycles. The van der Waals surface area contributed by atoms with Crippen molar-refractivity contribution < 1.29 is 0 Å². The Hall–Kier alpha value is -2.09. The number of hydrogen-bond acceptors (Lipinski definition) is 2. The van der Waals surface area contributed by atoms with Gasteiger partial charge in [-0.2, -0.15) is 0 Å². The van der Waals surface area contributed by atoms with Crippen LogP contribution in [0.25, 0.3) is 0 Å². The van der Waals surface area contributed by atoms with Gasteiger partial charge in [-0.15, -0.1) is 0 Å². The van der Waals surface area contributed by atoms with Crippen LogP contribution in [-0.2, 0) is 5.41 Å². The molecule has 3 rings (SSSR count). The van der Waals surface area contributed by atoms with E-state index in [0.29, 0.717) is 0 Å². The first-order valence-electron chi connectivity index (χ1n) is 8.94. The normalized spacial score (nSPS) is 15.4. The van der Waals surface area contributed by atoms with Gasteiger partial charge in [-0.25, -0.2) is 0 Å². The fourth-order valence-corrected chi connectivity index (χ4v) is 3.17. The first-order chi connectivity index (χ1) is 11.4. The zero-order valence-corrected chi connectivity index (χ0v) is 15.3. The summed E-state index contributed by atoms with van der Waals surface area (Å²) in [7, 11) is 0. The van der Waals surface area contributed by atoms with E-state index in [1.807, 2.05) is 6.21 Å². The highest BCUT2D eigenvalue weighted by atomic mass is 15.1. The Morgan fingerprint density at radius 2 is 1.62 bits per heavy atom. The van der Waals surface area contributed by atoms with Gasteiger partial charge in [0.15, 0.2) is 0 Å². The van der Waals surface area contributed by atoms with Crippen LogP contribution in [0.4, 0.5) is 11.4 Å². The first kappa shape index (κ1) is 16.8. The maximum atomic E-state index is 4.65. The molecule has 24 heavy (non-hydrogen) atoms. The third-order valence-corrected chi connectivity index (χ3v) is 4.81. The third-order valence-electron chi connectivity index (χ3n) is 4.81. The molecule has 0 N–H and O–H groups in total. The van der Waals surface area contributed by atoms with E-state index >= 15 is 0 Å². The lowest BCUT2D eigenvalue weighted by atomic mass is 9.87. The molecule has 0 radical (unpaired) electrons. The van der Waals surface area contributed by atoms with Crippen molar-refractivity contribution in [2.24, 2.45) is 4.99 Å². The van der Waals surface area contributed by atoms with Gasteiger partial charge >= 0.3 is 0 Å². The second-order valence-electron chi connectivity index (χ2n) is 7.79. The van der Waals surface area contributed by atoms with Gasteiger partial charge in [0, 0.05) is 25.0 Å². The van der Waals surface area contributed by atoms with Gasteiger partial charge in [0.1, 0.15) is 0 Å². The maximum absolute atomic E-state index is 4.65. The Kier molecular flexibility index (Phi) is 4.75. The van der Waals surface area contributed by atoms with Gasteiger partial charge in [-0.3, -0.25) is 4.99 Å². The Morgan fingerprint density at radius 1 is 0.958 bits per heavy atom. The van der Waals surface area contributed by atoms with Crippen LogP contribution in [0.1, 0.15) is 50.3 Å². The topological polar surface area (TPSA) is 15.6 Å². The average molecular weight is 320 g/mol. The SMILES string of the molecule is Cc1cc(N2CCCC2)ccc1C=Nc1ccc(C(C)(C)C)cc1. The molecular weight excluding hydrogens is 292 g/mol. The van der Waals surface area contributed by atoms with Crippen molar-refractivity contribution in [1.29, 1.82) is 0 Å².